The van der Waals surface area contributed by atoms with Crippen molar-refractivity contribution < 1.29 is 0 Å². The highest BCUT2D eigenvalue weighted by molar-refractivity contribution is 9.42. The first-order valence-electron chi connectivity index (χ1n) is 3.20. The highest BCUT2D eigenvalue weighted by Crippen LogP contribution is 2.57. The Labute approximate surface area is 70.7 Å². The van der Waals surface area contributed by atoms with Gasteiger partial charge in [0.05, 0.1) is 13.3 Å². The topological polar surface area (TPSA) is 0 Å². The van der Waals surface area contributed by atoms with Crippen molar-refractivity contribution in [3.63, 3.8) is 0 Å². The molecule has 1 aromatic carbocycles. The summed E-state index contributed by atoms with van der Waals surface area (Å²) in [7, 11) is 0. The molecule has 0 aromatic heterocycles. The van der Waals surface area contributed by atoms with Gasteiger partial charge in [-0.3, -0.25) is 0 Å². The number of hydrogen-bond acceptors (Lipinski definition) is 0. The van der Waals surface area contributed by atoms with Gasteiger partial charge < -0.3 is 0 Å². The van der Waals surface area contributed by atoms with Crippen LogP contribution in [0.4, 0.5) is 0 Å². The molecule has 1 aromatic rings. The largest absolute Gasteiger partial charge is 0.144 e. The molecule has 0 aliphatic rings. The van der Waals surface area contributed by atoms with Crippen LogP contribution < -0.4 is 5.30 Å². The van der Waals surface area contributed by atoms with Crippen molar-refractivity contribution in [3.05, 3.63) is 30.3 Å². The standard InChI is InChI=1S/C8H11BrP/c1-10(2,9)8-6-4-3-5-7-8/h3-7H,1-2H3/q+1. The maximum atomic E-state index is 3.70. The van der Waals surface area contributed by atoms with Crippen molar-refractivity contribution in [2.45, 2.75) is 0 Å². The van der Waals surface area contributed by atoms with Gasteiger partial charge in [0.15, 0.2) is 0 Å². The molecule has 0 heterocycles. The number of benzene rings is 1. The van der Waals surface area contributed by atoms with E-state index in [-0.39, 0.29) is 0 Å². The molecule has 10 heavy (non-hydrogen) atoms. The summed E-state index contributed by atoms with van der Waals surface area (Å²) in [5.41, 5.74) is 0. The second-order valence-electron chi connectivity index (χ2n) is 2.65. The van der Waals surface area contributed by atoms with E-state index in [1.807, 2.05) is 6.07 Å². The fraction of sp³-hybridized carbons (Fsp3) is 0.250. The average molecular weight is 218 g/mol. The molecule has 0 spiro atoms. The van der Waals surface area contributed by atoms with Crippen LogP contribution in [-0.2, 0) is 0 Å². The molecule has 0 saturated heterocycles. The predicted molar refractivity (Wildman–Crippen MR) is 53.8 cm³/mol. The monoisotopic (exact) mass is 217 g/mol. The van der Waals surface area contributed by atoms with Crippen molar-refractivity contribution in [2.75, 3.05) is 13.3 Å². The third-order valence-electron chi connectivity index (χ3n) is 1.37. The second kappa shape index (κ2) is 3.02. The minimum Gasteiger partial charge on any atom is -0.0620 e. The van der Waals surface area contributed by atoms with Crippen LogP contribution in [-0.4, -0.2) is 13.3 Å². The SMILES string of the molecule is C[P+](C)(Br)c1ccccc1. The lowest BCUT2D eigenvalue weighted by atomic mass is 10.4. The van der Waals surface area contributed by atoms with E-state index in [0.717, 1.165) is 0 Å². The quantitative estimate of drug-likeness (QED) is 0.635. The molecule has 0 amide bonds. The highest BCUT2D eigenvalue weighted by atomic mass is 79.9. The first-order chi connectivity index (χ1) is 4.61. The van der Waals surface area contributed by atoms with Crippen molar-refractivity contribution in [1.29, 1.82) is 0 Å². The fourth-order valence-electron chi connectivity index (χ4n) is 0.782. The van der Waals surface area contributed by atoms with E-state index in [0.29, 0.717) is 0 Å². The summed E-state index contributed by atoms with van der Waals surface area (Å²) in [4.78, 5) is 0. The molecule has 0 fully saturated rings. The third kappa shape index (κ3) is 2.07. The van der Waals surface area contributed by atoms with E-state index in [1.165, 1.54) is 5.30 Å². The molecule has 0 aliphatic carbocycles. The van der Waals surface area contributed by atoms with Gasteiger partial charge in [-0.1, -0.05) is 18.2 Å². The first kappa shape index (κ1) is 8.23. The molecule has 0 nitrogen and oxygen atoms in total. The lowest BCUT2D eigenvalue weighted by Gasteiger charge is -2.06. The number of halogens is 1. The van der Waals surface area contributed by atoms with Crippen molar-refractivity contribution in [3.8, 4) is 0 Å². The zero-order valence-corrected chi connectivity index (χ0v) is 8.69. The van der Waals surface area contributed by atoms with Crippen LogP contribution in [0.25, 0.3) is 0 Å². The van der Waals surface area contributed by atoms with Crippen LogP contribution >= 0.6 is 21.5 Å². The maximum Gasteiger partial charge on any atom is 0.144 e. The summed E-state index contributed by atoms with van der Waals surface area (Å²) in [6.07, 6.45) is 0. The Balaban J connectivity index is 2.97. The molecule has 0 bridgehead atoms. The number of rotatable bonds is 1. The van der Waals surface area contributed by atoms with E-state index in [4.69, 9.17) is 0 Å². The first-order valence-corrected chi connectivity index (χ1v) is 7.90. The summed E-state index contributed by atoms with van der Waals surface area (Å²) in [6.45, 7) is 4.50. The van der Waals surface area contributed by atoms with Gasteiger partial charge in [-0.05, 0) is 12.1 Å². The lowest BCUT2D eigenvalue weighted by molar-refractivity contribution is 1.77. The summed E-state index contributed by atoms with van der Waals surface area (Å²) >= 11 is 3.70. The molecule has 0 radical (unpaired) electrons. The maximum absolute atomic E-state index is 3.70. The van der Waals surface area contributed by atoms with E-state index in [1.54, 1.807) is 0 Å². The van der Waals surface area contributed by atoms with Crippen LogP contribution in [0.2, 0.25) is 0 Å². The summed E-state index contributed by atoms with van der Waals surface area (Å²) in [5, 5.41) is 1.43. The Hall–Kier alpha value is 0.130. The van der Waals surface area contributed by atoms with Crippen LogP contribution in [0.5, 0.6) is 0 Å². The molecule has 2 heteroatoms. The fourth-order valence-corrected chi connectivity index (χ4v) is 2.37. The molecule has 0 saturated carbocycles. The second-order valence-corrected chi connectivity index (χ2v) is 11.1. The molecule has 0 atom stereocenters. The van der Waals surface area contributed by atoms with E-state index in [2.05, 4.69) is 53.1 Å². The van der Waals surface area contributed by atoms with E-state index in [9.17, 15) is 0 Å². The number of hydrogen-bond donors (Lipinski definition) is 0. The molecule has 54 valence electrons. The van der Waals surface area contributed by atoms with Crippen LogP contribution in [0, 0.1) is 0 Å². The van der Waals surface area contributed by atoms with Gasteiger partial charge in [0.2, 0.25) is 0 Å². The minimum absolute atomic E-state index is 0.956. The Morgan fingerprint density at radius 3 is 1.90 bits per heavy atom. The molecular weight excluding hydrogens is 207 g/mol. The molecule has 0 unspecified atom stereocenters. The Bertz CT molecular complexity index is 200. The third-order valence-corrected chi connectivity index (χ3v) is 4.12. The van der Waals surface area contributed by atoms with Gasteiger partial charge in [0, 0.05) is 0 Å². The summed E-state index contributed by atoms with van der Waals surface area (Å²) in [5.74, 6) is -0.956. The van der Waals surface area contributed by atoms with Gasteiger partial charge in [-0.2, -0.15) is 0 Å². The Morgan fingerprint density at radius 1 is 1.10 bits per heavy atom. The molecule has 0 N–H and O–H groups in total. The van der Waals surface area contributed by atoms with Gasteiger partial charge >= 0.3 is 0 Å². The van der Waals surface area contributed by atoms with Gasteiger partial charge in [-0.15, -0.1) is 0 Å². The summed E-state index contributed by atoms with van der Waals surface area (Å²) in [6, 6.07) is 10.5. The van der Waals surface area contributed by atoms with E-state index < -0.39 is 5.96 Å². The van der Waals surface area contributed by atoms with Crippen molar-refractivity contribution >= 4 is 26.8 Å². The van der Waals surface area contributed by atoms with Crippen LogP contribution in [0.15, 0.2) is 30.3 Å². The van der Waals surface area contributed by atoms with Crippen LogP contribution in [0.1, 0.15) is 0 Å². The van der Waals surface area contributed by atoms with Gasteiger partial charge in [-0.25, -0.2) is 0 Å². The van der Waals surface area contributed by atoms with Gasteiger partial charge in [0.25, 0.3) is 0 Å². The van der Waals surface area contributed by atoms with Crippen LogP contribution in [0.3, 0.4) is 0 Å². The Morgan fingerprint density at radius 2 is 1.60 bits per heavy atom. The normalized spacial score (nSPS) is 11.5. The zero-order valence-electron chi connectivity index (χ0n) is 6.21. The van der Waals surface area contributed by atoms with Gasteiger partial charge in [0.1, 0.15) is 26.8 Å². The average Bonchev–Trinajstić information content (AvgIpc) is 1.88. The highest BCUT2D eigenvalue weighted by Gasteiger charge is 2.23. The van der Waals surface area contributed by atoms with Crippen molar-refractivity contribution in [2.24, 2.45) is 0 Å². The minimum atomic E-state index is -0.956. The Kier molecular flexibility index (Phi) is 2.49. The molecule has 0 aliphatic heterocycles. The summed E-state index contributed by atoms with van der Waals surface area (Å²) < 4.78 is 0. The smallest absolute Gasteiger partial charge is 0.0620 e. The molecule has 1 rings (SSSR count). The predicted octanol–water partition coefficient (Wildman–Crippen LogP) is 2.90. The lowest BCUT2D eigenvalue weighted by Crippen LogP contribution is -2.01. The van der Waals surface area contributed by atoms with E-state index >= 15 is 0 Å². The zero-order chi connectivity index (χ0) is 7.61. The molecular formula is C8H11BrP+. The van der Waals surface area contributed by atoms with Crippen molar-refractivity contribution in [1.82, 2.24) is 0 Å².